The molecular weight excluding hydrogens is 2100 g/mol. The van der Waals surface area contributed by atoms with Gasteiger partial charge in [0.2, 0.25) is 0 Å². The lowest BCUT2D eigenvalue weighted by atomic mass is 9.92. The van der Waals surface area contributed by atoms with E-state index < -0.39 is 0 Å². The normalized spacial score (nSPS) is 9.88. The number of hydrogen-bond acceptors (Lipinski definition) is 14. The van der Waals surface area contributed by atoms with E-state index in [2.05, 4.69) is 0 Å². The summed E-state index contributed by atoms with van der Waals surface area (Å²) in [6.45, 7) is 17.6. The lowest BCUT2D eigenvalue weighted by Crippen LogP contribution is -2.23. The van der Waals surface area contributed by atoms with Gasteiger partial charge < -0.3 is 23.7 Å². The topological polar surface area (TPSA) is 97.4 Å². The van der Waals surface area contributed by atoms with Gasteiger partial charge in [-0.15, -0.1) is 0 Å². The van der Waals surface area contributed by atoms with Crippen molar-refractivity contribution in [3.63, 3.8) is 0 Å². The molecule has 8 nitrogen and oxygen atoms in total. The highest BCUT2D eigenvalue weighted by atomic mass is 33.5. The number of thioether (sulfide) groups is 2. The molecule has 0 heterocycles. The van der Waals surface area contributed by atoms with Crippen molar-refractivity contribution in [2.75, 3.05) is 28.4 Å². The first-order valence-corrected chi connectivity index (χ1v) is 81.0. The predicted octanol–water partition coefficient (Wildman–Crippen LogP) is 11.0. The summed E-state index contributed by atoms with van der Waals surface area (Å²) in [6.07, 6.45) is 0.891. The van der Waals surface area contributed by atoms with Crippen LogP contribution in [0.5, 0.6) is 28.7 Å². The third-order valence-electron chi connectivity index (χ3n) is 9.29. The van der Waals surface area contributed by atoms with Crippen LogP contribution in [0.25, 0.3) is 0 Å². The highest BCUT2D eigenvalue weighted by Gasteiger charge is 2.23. The Balaban J connectivity index is -0.00000125. The van der Waals surface area contributed by atoms with Crippen molar-refractivity contribution in [2.24, 2.45) is 17.8 Å². The number of rotatable bonds is 16. The number of benzene rings is 3. The zero-order valence-corrected chi connectivity index (χ0v) is 87.6. The molecule has 3 rings (SSSR count). The molecule has 3 aromatic rings. The first-order chi connectivity index (χ1) is 45.7. The molecule has 0 aliphatic carbocycles. The van der Waals surface area contributed by atoms with E-state index in [9.17, 15) is 14.4 Å². The second-order valence-electron chi connectivity index (χ2n) is 16.8. The smallest absolute Gasteiger partial charge is 0.192 e. The van der Waals surface area contributed by atoms with Gasteiger partial charge in [-0.2, -0.15) is 0 Å². The van der Waals surface area contributed by atoms with E-state index in [1.54, 1.807) is 339 Å². The van der Waals surface area contributed by atoms with Gasteiger partial charge in [0.05, 0.1) is 28.4 Å². The van der Waals surface area contributed by atoms with Crippen molar-refractivity contribution in [3.8, 4) is 28.7 Å². The summed E-state index contributed by atoms with van der Waals surface area (Å²) in [5.41, 5.74) is 4.94. The summed E-state index contributed by atoms with van der Waals surface area (Å²) in [5.74, 6) is 4.58. The summed E-state index contributed by atoms with van der Waals surface area (Å²) in [6, 6.07) is 15.4. The number of carbonyl (C=O) groups excluding carboxylic acids is 3. The second-order valence-corrected chi connectivity index (χ2v) is 87.8. The molecule has 0 fully saturated rings. The second kappa shape index (κ2) is 74.6. The Bertz CT molecular complexity index is 4820. The van der Waals surface area contributed by atoms with Crippen molar-refractivity contribution in [1.29, 1.82) is 0 Å². The monoisotopic (exact) mass is 2160 g/mol. The van der Waals surface area contributed by atoms with E-state index in [0.717, 1.165) is 50.8 Å². The zero-order valence-electron chi connectivity index (χ0n) is 50.8. The van der Waals surface area contributed by atoms with Crippen LogP contribution in [0.3, 0.4) is 0 Å². The highest BCUT2D eigenvalue weighted by molar-refractivity contribution is 8.80. The molecule has 3 aromatic carbocycles. The van der Waals surface area contributed by atoms with Gasteiger partial charge in [0.15, 0.2) is 10.2 Å². The fourth-order valence-corrected chi connectivity index (χ4v) is 104. The van der Waals surface area contributed by atoms with E-state index in [-0.39, 0.29) is 60.6 Å². The Labute approximate surface area is 712 Å². The minimum atomic E-state index is -0.341. The number of ether oxygens (including phenoxy) is 5. The molecule has 0 unspecified atom stereocenters. The van der Waals surface area contributed by atoms with Crippen molar-refractivity contribution in [2.45, 2.75) is 107 Å². The molecular formula is C44H66O8S45. The minimum absolute atomic E-state index is 0. The molecule has 97 heavy (non-hydrogen) atoms. The van der Waals surface area contributed by atoms with E-state index >= 15 is 0 Å². The van der Waals surface area contributed by atoms with Gasteiger partial charge in [0, 0.05) is 450 Å². The standard InChI is InChI=1S/C28H38O5S.C14H20O3S.2CH4.S22.S21/c1-18-14-23(31-7)16-26(32-8)24(18)17-34-27(30)20(3)15-25(29)19(2)13-21-9-11-22(12-10-21)33-28(4,5)6;1-9(2)14(15)18-8-12-10(3)6-11(16-4)7-13(12)17-5;;;1-3-5-7-9-11-13-15-17-19-21-22-20-18-16-14-12-10-8-6-4-2;1-3-5-7-9-11-13-15-17-19-21-20-18-16-14-12-10-8-6-4-2/h9-12,14,16,19-20H,13,15,17H2,1-8H3;6-7,9H,8H2,1-5H3;2*1H4;;/t19-,20+;;;;;/m0...../s1. The molecule has 0 spiro atoms. The van der Waals surface area contributed by atoms with E-state index in [1.165, 1.54) is 59.0 Å². The number of hydrogen-bond donors (Lipinski definition) is 0. The van der Waals surface area contributed by atoms with E-state index in [0.29, 0.717) is 23.7 Å². The summed E-state index contributed by atoms with van der Waals surface area (Å²) < 4.78 is 27.2. The first kappa shape index (κ1) is 107. The van der Waals surface area contributed by atoms with E-state index in [4.69, 9.17) is 68.4 Å². The van der Waals surface area contributed by atoms with Crippen LogP contribution in [0.2, 0.25) is 0 Å². The maximum Gasteiger partial charge on any atom is 0.192 e. The van der Waals surface area contributed by atoms with Crippen LogP contribution in [0.4, 0.5) is 0 Å². The van der Waals surface area contributed by atoms with Gasteiger partial charge in [0.1, 0.15) is 40.1 Å². The maximum absolute atomic E-state index is 12.8. The van der Waals surface area contributed by atoms with Crippen LogP contribution in [0, 0.1) is 31.6 Å². The predicted molar refractivity (Wildman–Crippen MR) is 545 cm³/mol. The van der Waals surface area contributed by atoms with Crippen molar-refractivity contribution in [1.82, 2.24) is 0 Å². The maximum atomic E-state index is 12.8. The molecule has 0 aliphatic rings. The molecule has 560 valence electrons. The molecule has 0 N–H and O–H groups in total. The molecule has 0 saturated heterocycles. The lowest BCUT2D eigenvalue weighted by molar-refractivity contribution is -0.126. The van der Waals surface area contributed by atoms with Gasteiger partial charge in [-0.1, -0.05) is 78.2 Å². The molecule has 0 aromatic heterocycles. The van der Waals surface area contributed by atoms with Crippen LogP contribution < -0.4 is 23.7 Å². The third-order valence-corrected chi connectivity index (χ3v) is 93.8. The summed E-state index contributed by atoms with van der Waals surface area (Å²) in [7, 11) is 73.6. The minimum Gasteiger partial charge on any atom is -0.497 e. The molecule has 2 atom stereocenters. The fraction of sp³-hybridized carbons (Fsp3) is 0.523. The number of ketones is 1. The molecule has 0 bridgehead atoms. The number of Topliss-reactive ketones (excluding diaryl/α,β-unsaturated/α-hetero) is 1. The average Bonchev–Trinajstić information content (AvgIpc) is 0.890. The SMILES string of the molecule is C.C.COc1cc(C)c(CSC(=O)C(C)C)c(OC)c1.COc1cc(C)c(CSC(=O)[C@H](C)CC(=O)[C@@H](C)Cc2ccc(OC(C)(C)C)cc2)c(OC)c1.S=S=S=S=S=S=S=S=S=S=S=S=S=S=S=S=S=S=S=S=S.S=S=S=S=S=S=S=S=S=S=S=S=S=S=S=S=S=S=S=S=S=S. The highest BCUT2D eigenvalue weighted by Crippen LogP contribution is 2.34. The Hall–Kier alpha value is 5.83. The van der Waals surface area contributed by atoms with Gasteiger partial charge in [-0.05, 0) is 82.0 Å². The van der Waals surface area contributed by atoms with Gasteiger partial charge in [0.25, 0.3) is 0 Å². The average molecular weight is 2170 g/mol. The molecule has 0 radical (unpaired) electrons. The van der Waals surface area contributed by atoms with Gasteiger partial charge in [-0.25, -0.2) is 0 Å². The number of aryl methyl sites for hydroxylation is 2. The molecule has 0 amide bonds. The Morgan fingerprint density at radius 3 is 0.918 bits per heavy atom. The summed E-state index contributed by atoms with van der Waals surface area (Å²) in [5, 5.41) is 0.216. The van der Waals surface area contributed by atoms with Crippen LogP contribution in [0.1, 0.15) is 97.6 Å². The van der Waals surface area contributed by atoms with Crippen molar-refractivity contribution in [3.05, 3.63) is 76.3 Å². The molecule has 0 saturated carbocycles. The third kappa shape index (κ3) is 62.1. The number of carbonyl (C=O) groups is 3. The Kier molecular flexibility index (Phi) is 82.2. The van der Waals surface area contributed by atoms with Gasteiger partial charge >= 0.3 is 0 Å². The Morgan fingerprint density at radius 2 is 0.670 bits per heavy atom. The lowest BCUT2D eigenvalue weighted by Gasteiger charge is -2.21. The van der Waals surface area contributed by atoms with Gasteiger partial charge in [-0.3, -0.25) is 14.4 Å². The van der Waals surface area contributed by atoms with Crippen LogP contribution in [-0.2, 0) is 423 Å². The zero-order chi connectivity index (χ0) is 70.7. The fourth-order valence-electron chi connectivity index (χ4n) is 5.57. The summed E-state index contributed by atoms with van der Waals surface area (Å²) >= 11 is 21.6. The Morgan fingerprint density at radius 1 is 0.392 bits per heavy atom. The van der Waals surface area contributed by atoms with Crippen LogP contribution in [0.15, 0.2) is 48.5 Å². The van der Waals surface area contributed by atoms with Crippen LogP contribution >= 0.6 is 23.5 Å². The van der Waals surface area contributed by atoms with E-state index in [1.807, 2.05) is 111 Å². The van der Waals surface area contributed by atoms with Crippen molar-refractivity contribution < 1.29 is 38.1 Å². The quantitative estimate of drug-likeness (QED) is 0.136. The number of methoxy groups -OCH3 is 4. The first-order valence-electron chi connectivity index (χ1n) is 24.3. The summed E-state index contributed by atoms with van der Waals surface area (Å²) in [4.78, 5) is 37.2. The molecule has 0 aliphatic heterocycles. The van der Waals surface area contributed by atoms with Crippen LogP contribution in [-0.4, -0.2) is 50.1 Å². The largest absolute Gasteiger partial charge is 0.497 e. The molecule has 53 heteroatoms. The van der Waals surface area contributed by atoms with Crippen molar-refractivity contribution >= 4 is 431 Å².